The molecule has 0 saturated heterocycles. The third-order valence-corrected chi connectivity index (χ3v) is 4.16. The number of halogens is 1. The molecule has 0 aliphatic heterocycles. The molecule has 0 aliphatic carbocycles. The lowest BCUT2D eigenvalue weighted by molar-refractivity contribution is 0.102. The molecule has 0 spiro atoms. The van der Waals surface area contributed by atoms with Crippen molar-refractivity contribution in [3.8, 4) is 0 Å². The summed E-state index contributed by atoms with van der Waals surface area (Å²) < 4.78 is 0. The number of nitrogens with zero attached hydrogens (tertiary/aromatic N) is 2. The fourth-order valence-electron chi connectivity index (χ4n) is 2.76. The van der Waals surface area contributed by atoms with Gasteiger partial charge in [-0.1, -0.05) is 29.3 Å². The number of hydrogen-bond acceptors (Lipinski definition) is 4. The summed E-state index contributed by atoms with van der Waals surface area (Å²) in [6.07, 6.45) is 1.56. The number of hydrogen-bond donors (Lipinski definition) is 2. The molecule has 0 unspecified atom stereocenters. The zero-order chi connectivity index (χ0) is 18.7. The van der Waals surface area contributed by atoms with E-state index >= 15 is 0 Å². The average molecular weight is 367 g/mol. The molecule has 3 aromatic rings. The molecule has 0 saturated carbocycles. The summed E-state index contributed by atoms with van der Waals surface area (Å²) in [5.41, 5.74) is 5.27. The van der Waals surface area contributed by atoms with Crippen molar-refractivity contribution < 1.29 is 4.79 Å². The van der Waals surface area contributed by atoms with Crippen LogP contribution in [0.5, 0.6) is 0 Å². The van der Waals surface area contributed by atoms with E-state index in [-0.39, 0.29) is 11.6 Å². The second-order valence-corrected chi connectivity index (χ2v) is 6.56. The summed E-state index contributed by atoms with van der Waals surface area (Å²) in [5, 5.41) is 6.62. The van der Waals surface area contributed by atoms with Gasteiger partial charge in [-0.05, 0) is 62.2 Å². The Morgan fingerprint density at radius 3 is 2.31 bits per heavy atom. The molecule has 0 aliphatic rings. The van der Waals surface area contributed by atoms with Crippen LogP contribution >= 0.6 is 11.6 Å². The van der Waals surface area contributed by atoms with Gasteiger partial charge < -0.3 is 10.6 Å². The van der Waals surface area contributed by atoms with Crippen LogP contribution in [0.1, 0.15) is 27.2 Å². The maximum atomic E-state index is 12.4. The molecule has 1 aromatic heterocycles. The van der Waals surface area contributed by atoms with Gasteiger partial charge in [-0.15, -0.1) is 0 Å². The summed E-state index contributed by atoms with van der Waals surface area (Å²) >= 11 is 5.86. The first kappa shape index (κ1) is 17.9. The van der Waals surface area contributed by atoms with E-state index in [9.17, 15) is 4.79 Å². The average Bonchev–Trinajstić information content (AvgIpc) is 2.60. The molecular weight excluding hydrogens is 348 g/mol. The van der Waals surface area contributed by atoms with Gasteiger partial charge in [-0.3, -0.25) is 4.79 Å². The number of aromatic nitrogens is 2. The van der Waals surface area contributed by atoms with Crippen molar-refractivity contribution in [2.45, 2.75) is 20.8 Å². The van der Waals surface area contributed by atoms with E-state index in [2.05, 4.69) is 39.7 Å². The fraction of sp³-hybridized carbons (Fsp3) is 0.150. The smallest absolute Gasteiger partial charge is 0.274 e. The molecule has 1 heterocycles. The molecule has 0 radical (unpaired) electrons. The molecule has 0 fully saturated rings. The predicted octanol–water partition coefficient (Wildman–Crippen LogP) is 5.05. The summed E-state index contributed by atoms with van der Waals surface area (Å²) in [5.74, 6) is 0.0685. The van der Waals surface area contributed by atoms with E-state index in [0.717, 1.165) is 16.8 Å². The van der Waals surface area contributed by atoms with Gasteiger partial charge in [0.25, 0.3) is 5.91 Å². The number of carbonyl (C=O) groups excluding carboxylic acids is 1. The zero-order valence-corrected chi connectivity index (χ0v) is 15.6. The van der Waals surface area contributed by atoms with Crippen LogP contribution in [-0.2, 0) is 0 Å². The van der Waals surface area contributed by atoms with Gasteiger partial charge in [0.2, 0.25) is 5.95 Å². The first-order valence-corrected chi connectivity index (χ1v) is 8.55. The summed E-state index contributed by atoms with van der Waals surface area (Å²) in [4.78, 5) is 21.0. The van der Waals surface area contributed by atoms with Crippen LogP contribution in [-0.4, -0.2) is 15.9 Å². The Hall–Kier alpha value is -2.92. The minimum atomic E-state index is -0.310. The lowest BCUT2D eigenvalue weighted by Crippen LogP contribution is -2.15. The Kier molecular flexibility index (Phi) is 5.19. The van der Waals surface area contributed by atoms with Crippen molar-refractivity contribution in [2.75, 3.05) is 10.6 Å². The standard InChI is InChI=1S/C20H19ClN4O/c1-12-10-13(2)18(14(3)11-12)25-20-22-9-8-17(24-20)19(26)23-16-6-4-15(21)5-7-16/h4-11H,1-3H3,(H,23,26)(H,22,24,25). The highest BCUT2D eigenvalue weighted by atomic mass is 35.5. The Morgan fingerprint density at radius 1 is 1.00 bits per heavy atom. The number of nitrogens with one attached hydrogen (secondary N) is 2. The normalized spacial score (nSPS) is 10.5. The molecule has 0 atom stereocenters. The lowest BCUT2D eigenvalue weighted by atomic mass is 10.1. The van der Waals surface area contributed by atoms with E-state index in [0.29, 0.717) is 16.7 Å². The van der Waals surface area contributed by atoms with Crippen LogP contribution in [0.2, 0.25) is 5.02 Å². The van der Waals surface area contributed by atoms with Gasteiger partial charge in [0.15, 0.2) is 0 Å². The molecule has 2 N–H and O–H groups in total. The van der Waals surface area contributed by atoms with Crippen molar-refractivity contribution in [1.29, 1.82) is 0 Å². The molecule has 0 bridgehead atoms. The van der Waals surface area contributed by atoms with Crippen LogP contribution in [0.3, 0.4) is 0 Å². The minimum absolute atomic E-state index is 0.278. The molecule has 1 amide bonds. The van der Waals surface area contributed by atoms with Gasteiger partial charge in [0.1, 0.15) is 5.69 Å². The monoisotopic (exact) mass is 366 g/mol. The largest absolute Gasteiger partial charge is 0.324 e. The van der Waals surface area contributed by atoms with Crippen molar-refractivity contribution in [3.05, 3.63) is 76.1 Å². The topological polar surface area (TPSA) is 66.9 Å². The minimum Gasteiger partial charge on any atom is -0.324 e. The number of rotatable bonds is 4. The second kappa shape index (κ2) is 7.54. The van der Waals surface area contributed by atoms with E-state index in [1.165, 1.54) is 5.56 Å². The number of anilines is 3. The van der Waals surface area contributed by atoms with E-state index < -0.39 is 0 Å². The van der Waals surface area contributed by atoms with Crippen molar-refractivity contribution in [2.24, 2.45) is 0 Å². The Bertz CT molecular complexity index is 931. The molecule has 5 nitrogen and oxygen atoms in total. The maximum absolute atomic E-state index is 12.4. The SMILES string of the molecule is Cc1cc(C)c(Nc2nccc(C(=O)Nc3ccc(Cl)cc3)n2)c(C)c1. The predicted molar refractivity (Wildman–Crippen MR) is 105 cm³/mol. The van der Waals surface area contributed by atoms with E-state index in [1.54, 1.807) is 36.5 Å². The van der Waals surface area contributed by atoms with Crippen molar-refractivity contribution in [1.82, 2.24) is 9.97 Å². The number of benzene rings is 2. The zero-order valence-electron chi connectivity index (χ0n) is 14.8. The van der Waals surface area contributed by atoms with Gasteiger partial charge in [-0.2, -0.15) is 0 Å². The fourth-order valence-corrected chi connectivity index (χ4v) is 2.89. The highest BCUT2D eigenvalue weighted by Gasteiger charge is 2.11. The summed E-state index contributed by atoms with van der Waals surface area (Å²) in [6, 6.07) is 12.7. The van der Waals surface area contributed by atoms with Crippen molar-refractivity contribution >= 4 is 34.8 Å². The first-order chi connectivity index (χ1) is 12.4. The molecule has 26 heavy (non-hydrogen) atoms. The van der Waals surface area contributed by atoms with Crippen LogP contribution in [0.15, 0.2) is 48.7 Å². The Labute approximate surface area is 157 Å². The number of amides is 1. The van der Waals surface area contributed by atoms with Crippen LogP contribution in [0.4, 0.5) is 17.3 Å². The highest BCUT2D eigenvalue weighted by molar-refractivity contribution is 6.30. The quantitative estimate of drug-likeness (QED) is 0.678. The third-order valence-electron chi connectivity index (χ3n) is 3.90. The van der Waals surface area contributed by atoms with Gasteiger partial charge in [0.05, 0.1) is 0 Å². The number of aryl methyl sites for hydroxylation is 3. The summed E-state index contributed by atoms with van der Waals surface area (Å²) in [6.45, 7) is 6.11. The first-order valence-electron chi connectivity index (χ1n) is 8.17. The van der Waals surface area contributed by atoms with Crippen LogP contribution < -0.4 is 10.6 Å². The molecule has 2 aromatic carbocycles. The van der Waals surface area contributed by atoms with E-state index in [4.69, 9.17) is 11.6 Å². The highest BCUT2D eigenvalue weighted by Crippen LogP contribution is 2.24. The molecule has 6 heteroatoms. The number of carbonyl (C=O) groups is 1. The lowest BCUT2D eigenvalue weighted by Gasteiger charge is -2.13. The van der Waals surface area contributed by atoms with Gasteiger partial charge in [0, 0.05) is 22.6 Å². The van der Waals surface area contributed by atoms with Crippen LogP contribution in [0, 0.1) is 20.8 Å². The van der Waals surface area contributed by atoms with Crippen LogP contribution in [0.25, 0.3) is 0 Å². The summed E-state index contributed by atoms with van der Waals surface area (Å²) in [7, 11) is 0. The third kappa shape index (κ3) is 4.18. The molecule has 3 rings (SSSR count). The van der Waals surface area contributed by atoms with Gasteiger partial charge >= 0.3 is 0 Å². The molecule has 132 valence electrons. The molecular formula is C20H19ClN4O. The van der Waals surface area contributed by atoms with Gasteiger partial charge in [-0.25, -0.2) is 9.97 Å². The second-order valence-electron chi connectivity index (χ2n) is 6.13. The Balaban J connectivity index is 1.80. The maximum Gasteiger partial charge on any atom is 0.274 e. The Morgan fingerprint density at radius 2 is 1.65 bits per heavy atom. The van der Waals surface area contributed by atoms with E-state index in [1.807, 2.05) is 13.8 Å². The van der Waals surface area contributed by atoms with Crippen molar-refractivity contribution in [3.63, 3.8) is 0 Å².